The van der Waals surface area contributed by atoms with Crippen LogP contribution in [0.3, 0.4) is 0 Å². The fraction of sp³-hybridized carbons (Fsp3) is 0.500. The van der Waals surface area contributed by atoms with Crippen molar-refractivity contribution >= 4 is 6.40 Å². The van der Waals surface area contributed by atoms with Crippen LogP contribution in [-0.4, -0.2) is 13.1 Å². The fourth-order valence-corrected chi connectivity index (χ4v) is 0.152. The van der Waals surface area contributed by atoms with Crippen molar-refractivity contribution < 1.29 is 9.78 Å². The van der Waals surface area contributed by atoms with Crippen molar-refractivity contribution in [2.75, 3.05) is 6.73 Å². The van der Waals surface area contributed by atoms with Gasteiger partial charge in [0.05, 0.1) is 0 Å². The highest BCUT2D eigenvalue weighted by molar-refractivity contribution is 5.45. The first-order valence-electron chi connectivity index (χ1n) is 1.27. The van der Waals surface area contributed by atoms with Crippen LogP contribution < -0.4 is 0 Å². The Kier molecular flexibility index (Phi) is 0.548. The van der Waals surface area contributed by atoms with Crippen LogP contribution in [0, 0.1) is 0 Å². The van der Waals surface area contributed by atoms with Gasteiger partial charge in [-0.1, -0.05) is 0 Å². The van der Waals surface area contributed by atoms with E-state index in [-0.39, 0.29) is 0 Å². The van der Waals surface area contributed by atoms with E-state index in [1.165, 1.54) is 6.40 Å². The van der Waals surface area contributed by atoms with E-state index in [1.807, 2.05) is 0 Å². The average molecular weight is 73.1 g/mol. The van der Waals surface area contributed by atoms with Gasteiger partial charge in [-0.2, -0.15) is 4.89 Å². The van der Waals surface area contributed by atoms with Crippen molar-refractivity contribution in [1.29, 1.82) is 0 Å². The van der Waals surface area contributed by atoms with Crippen LogP contribution in [-0.2, 0) is 9.78 Å². The fourth-order valence-electron chi connectivity index (χ4n) is 0.152. The minimum atomic E-state index is 0.347. The van der Waals surface area contributed by atoms with Crippen LogP contribution in [0.1, 0.15) is 0 Å². The Morgan fingerprint density at radius 2 is 2.80 bits per heavy atom. The maximum absolute atomic E-state index is 4.22. The predicted molar refractivity (Wildman–Crippen MR) is 15.5 cm³/mol. The van der Waals surface area contributed by atoms with Gasteiger partial charge in [0.1, 0.15) is 0 Å². The van der Waals surface area contributed by atoms with Gasteiger partial charge in [-0.05, 0) is 0 Å². The van der Waals surface area contributed by atoms with E-state index < -0.39 is 0 Å². The standard InChI is InChI=1S/C2H3NO2/c1-3-2-5-4-1/h1H,2H2. The van der Waals surface area contributed by atoms with Crippen LogP contribution in [0.15, 0.2) is 4.99 Å². The largest absolute Gasteiger partial charge is 0.323 e. The molecule has 5 heavy (non-hydrogen) atoms. The molecule has 0 radical (unpaired) electrons. The van der Waals surface area contributed by atoms with Crippen molar-refractivity contribution in [2.24, 2.45) is 4.99 Å². The van der Waals surface area contributed by atoms with E-state index in [2.05, 4.69) is 14.8 Å². The molecule has 0 spiro atoms. The van der Waals surface area contributed by atoms with E-state index in [9.17, 15) is 0 Å². The van der Waals surface area contributed by atoms with Crippen molar-refractivity contribution in [3.63, 3.8) is 0 Å². The Morgan fingerprint density at radius 1 is 1.80 bits per heavy atom. The monoisotopic (exact) mass is 73.0 g/mol. The molecular formula is C2H3NO2. The van der Waals surface area contributed by atoms with E-state index in [0.29, 0.717) is 6.73 Å². The summed E-state index contributed by atoms with van der Waals surface area (Å²) in [7, 11) is 0. The maximum Gasteiger partial charge on any atom is 0.217 e. The molecule has 1 aliphatic heterocycles. The molecule has 0 amide bonds. The molecule has 0 aromatic carbocycles. The van der Waals surface area contributed by atoms with Crippen LogP contribution in [0.4, 0.5) is 0 Å². The number of hydrogen-bond donors (Lipinski definition) is 0. The molecule has 3 nitrogen and oxygen atoms in total. The quantitative estimate of drug-likeness (QED) is 0.376. The van der Waals surface area contributed by atoms with Gasteiger partial charge < -0.3 is 4.89 Å². The van der Waals surface area contributed by atoms with Gasteiger partial charge >= 0.3 is 0 Å². The molecule has 0 unspecified atom stereocenters. The summed E-state index contributed by atoms with van der Waals surface area (Å²) in [5, 5.41) is 0. The van der Waals surface area contributed by atoms with Crippen LogP contribution in [0.2, 0.25) is 0 Å². The zero-order chi connectivity index (χ0) is 3.54. The molecular weight excluding hydrogens is 70.0 g/mol. The summed E-state index contributed by atoms with van der Waals surface area (Å²) in [6.45, 7) is 0.347. The third-order valence-corrected chi connectivity index (χ3v) is 0.313. The molecule has 0 fully saturated rings. The molecule has 28 valence electrons. The van der Waals surface area contributed by atoms with E-state index in [4.69, 9.17) is 0 Å². The Hall–Kier alpha value is -0.570. The summed E-state index contributed by atoms with van der Waals surface area (Å²) in [4.78, 5) is 11.9. The summed E-state index contributed by atoms with van der Waals surface area (Å²) in [5.41, 5.74) is 0. The topological polar surface area (TPSA) is 30.8 Å². The summed E-state index contributed by atoms with van der Waals surface area (Å²) in [6, 6.07) is 0. The van der Waals surface area contributed by atoms with Gasteiger partial charge in [-0.3, -0.25) is 0 Å². The summed E-state index contributed by atoms with van der Waals surface area (Å²) >= 11 is 0. The molecule has 0 saturated heterocycles. The number of hydrogen-bond acceptors (Lipinski definition) is 3. The molecule has 0 bridgehead atoms. The first-order valence-corrected chi connectivity index (χ1v) is 1.27. The molecule has 3 heteroatoms. The highest BCUT2D eigenvalue weighted by atomic mass is 17.2. The van der Waals surface area contributed by atoms with Gasteiger partial charge in [-0.15, -0.1) is 0 Å². The van der Waals surface area contributed by atoms with Crippen LogP contribution >= 0.6 is 0 Å². The molecule has 1 aliphatic rings. The highest BCUT2D eigenvalue weighted by Crippen LogP contribution is 1.81. The molecule has 0 aliphatic carbocycles. The smallest absolute Gasteiger partial charge is 0.217 e. The lowest BCUT2D eigenvalue weighted by Crippen LogP contribution is -1.75. The van der Waals surface area contributed by atoms with Crippen molar-refractivity contribution in [3.05, 3.63) is 0 Å². The van der Waals surface area contributed by atoms with Crippen molar-refractivity contribution in [3.8, 4) is 0 Å². The first kappa shape index (κ1) is 2.66. The van der Waals surface area contributed by atoms with E-state index in [0.717, 1.165) is 0 Å². The second-order valence-electron chi connectivity index (χ2n) is 0.631. The number of rotatable bonds is 0. The zero-order valence-corrected chi connectivity index (χ0v) is 2.55. The molecule has 0 saturated carbocycles. The average Bonchev–Trinajstić information content (AvgIpc) is 1.76. The Balaban J connectivity index is 2.32. The second-order valence-corrected chi connectivity index (χ2v) is 0.631. The normalized spacial score (nSPS) is 19.2. The zero-order valence-electron chi connectivity index (χ0n) is 2.55. The summed E-state index contributed by atoms with van der Waals surface area (Å²) in [6.07, 6.45) is 1.26. The van der Waals surface area contributed by atoms with Gasteiger partial charge in [-0.25, -0.2) is 4.99 Å². The number of nitrogens with zero attached hydrogens (tertiary/aromatic N) is 1. The van der Waals surface area contributed by atoms with Crippen LogP contribution in [0.5, 0.6) is 0 Å². The van der Waals surface area contributed by atoms with Crippen LogP contribution in [0.25, 0.3) is 0 Å². The van der Waals surface area contributed by atoms with Gasteiger partial charge in [0.2, 0.25) is 6.40 Å². The minimum absolute atomic E-state index is 0.347. The number of aliphatic imine (C=N–C) groups is 1. The SMILES string of the molecule is C1=NCOO1. The van der Waals surface area contributed by atoms with E-state index >= 15 is 0 Å². The summed E-state index contributed by atoms with van der Waals surface area (Å²) in [5.74, 6) is 0. The van der Waals surface area contributed by atoms with Gasteiger partial charge in [0, 0.05) is 0 Å². The Bertz CT molecular complexity index is 45.6. The Labute approximate surface area is 29.2 Å². The maximum atomic E-state index is 4.22. The lowest BCUT2D eigenvalue weighted by Gasteiger charge is -1.77. The first-order chi connectivity index (χ1) is 2.50. The highest BCUT2D eigenvalue weighted by Gasteiger charge is 1.84. The molecule has 1 heterocycles. The third kappa shape index (κ3) is 0.357. The molecule has 0 aromatic heterocycles. The molecule has 0 aromatic rings. The second kappa shape index (κ2) is 1.03. The van der Waals surface area contributed by atoms with Crippen molar-refractivity contribution in [1.82, 2.24) is 0 Å². The van der Waals surface area contributed by atoms with Crippen molar-refractivity contribution in [2.45, 2.75) is 0 Å². The third-order valence-electron chi connectivity index (χ3n) is 0.313. The lowest BCUT2D eigenvalue weighted by atomic mass is 11.3. The molecule has 1 rings (SSSR count). The molecule has 0 atom stereocenters. The minimum Gasteiger partial charge on any atom is -0.323 e. The molecule has 0 N–H and O–H groups in total. The summed E-state index contributed by atoms with van der Waals surface area (Å²) < 4.78 is 0. The predicted octanol–water partition coefficient (Wildman–Crippen LogP) is -0.0660. The Morgan fingerprint density at radius 3 is 3.00 bits per heavy atom. The van der Waals surface area contributed by atoms with E-state index in [1.54, 1.807) is 0 Å². The van der Waals surface area contributed by atoms with Gasteiger partial charge in [0.15, 0.2) is 6.73 Å². The lowest BCUT2D eigenvalue weighted by molar-refractivity contribution is -0.194. The van der Waals surface area contributed by atoms with Gasteiger partial charge in [0.25, 0.3) is 0 Å².